The fourth-order valence-corrected chi connectivity index (χ4v) is 3.43. The second-order valence-electron chi connectivity index (χ2n) is 4.60. The number of fused-ring (bicyclic) bond motifs is 1. The number of thiazole rings is 1. The molecule has 96 valence electrons. The molecule has 0 radical (unpaired) electrons. The van der Waals surface area contributed by atoms with Gasteiger partial charge in [0.05, 0.1) is 6.04 Å². The van der Waals surface area contributed by atoms with Crippen LogP contribution in [0.4, 0.5) is 0 Å². The van der Waals surface area contributed by atoms with E-state index < -0.39 is 0 Å². The predicted octanol–water partition coefficient (Wildman–Crippen LogP) is 1.38. The molecule has 0 unspecified atom stereocenters. The van der Waals surface area contributed by atoms with Crippen LogP contribution >= 0.6 is 11.3 Å². The molecule has 0 amide bonds. The van der Waals surface area contributed by atoms with Gasteiger partial charge in [-0.1, -0.05) is 18.3 Å². The summed E-state index contributed by atoms with van der Waals surface area (Å²) in [7, 11) is 1.76. The van der Waals surface area contributed by atoms with E-state index >= 15 is 0 Å². The molecule has 0 spiro atoms. The van der Waals surface area contributed by atoms with Crippen molar-refractivity contribution in [1.82, 2.24) is 19.9 Å². The van der Waals surface area contributed by atoms with Gasteiger partial charge in [-0.3, -0.25) is 9.36 Å². The molecule has 5 nitrogen and oxygen atoms in total. The van der Waals surface area contributed by atoms with Gasteiger partial charge in [0.1, 0.15) is 10.8 Å². The van der Waals surface area contributed by atoms with E-state index in [0.29, 0.717) is 11.6 Å². The first-order chi connectivity index (χ1) is 8.70. The van der Waals surface area contributed by atoms with Crippen LogP contribution in [0.2, 0.25) is 0 Å². The molecule has 0 aromatic carbocycles. The molecule has 1 fully saturated rings. The molecule has 0 bridgehead atoms. The van der Waals surface area contributed by atoms with Gasteiger partial charge < -0.3 is 5.32 Å². The van der Waals surface area contributed by atoms with Crippen molar-refractivity contribution < 1.29 is 0 Å². The van der Waals surface area contributed by atoms with E-state index in [1.807, 2.05) is 6.92 Å². The van der Waals surface area contributed by atoms with E-state index in [1.54, 1.807) is 23.0 Å². The van der Waals surface area contributed by atoms with Crippen molar-refractivity contribution in [2.24, 2.45) is 7.05 Å². The van der Waals surface area contributed by atoms with Crippen molar-refractivity contribution in [3.05, 3.63) is 21.2 Å². The van der Waals surface area contributed by atoms with Crippen LogP contribution in [-0.2, 0) is 13.5 Å². The largest absolute Gasteiger partial charge is 0.308 e. The highest BCUT2D eigenvalue weighted by Gasteiger charge is 2.22. The Bertz CT molecular complexity index is 639. The number of aromatic nitrogens is 3. The number of hydrogen-bond donors (Lipinski definition) is 1. The molecule has 1 N–H and O–H groups in total. The van der Waals surface area contributed by atoms with Crippen LogP contribution < -0.4 is 10.9 Å². The average molecular weight is 264 g/mol. The minimum absolute atomic E-state index is 0.0302. The lowest BCUT2D eigenvalue weighted by molar-refractivity contribution is 0.644. The summed E-state index contributed by atoms with van der Waals surface area (Å²) in [5.41, 5.74) is 0.487. The summed E-state index contributed by atoms with van der Waals surface area (Å²) in [6.07, 6.45) is 3.03. The highest BCUT2D eigenvalue weighted by atomic mass is 32.1. The van der Waals surface area contributed by atoms with Gasteiger partial charge in [0.2, 0.25) is 0 Å². The van der Waals surface area contributed by atoms with Crippen LogP contribution in [0, 0.1) is 0 Å². The molecular formula is C12H16N4OS. The van der Waals surface area contributed by atoms with Gasteiger partial charge in [0, 0.05) is 13.5 Å². The van der Waals surface area contributed by atoms with E-state index in [2.05, 4.69) is 15.3 Å². The zero-order chi connectivity index (χ0) is 12.7. The Morgan fingerprint density at radius 3 is 3.00 bits per heavy atom. The zero-order valence-electron chi connectivity index (χ0n) is 10.6. The summed E-state index contributed by atoms with van der Waals surface area (Å²) in [4.78, 5) is 22.0. The van der Waals surface area contributed by atoms with Gasteiger partial charge in [0.25, 0.3) is 5.56 Å². The third kappa shape index (κ3) is 1.76. The van der Waals surface area contributed by atoms with Crippen molar-refractivity contribution in [2.75, 3.05) is 6.54 Å². The summed E-state index contributed by atoms with van der Waals surface area (Å²) in [5.74, 6) is 0.821. The fraction of sp³-hybridized carbons (Fsp3) is 0.583. The second kappa shape index (κ2) is 4.44. The second-order valence-corrected chi connectivity index (χ2v) is 5.61. The maximum absolute atomic E-state index is 12.2. The maximum Gasteiger partial charge on any atom is 0.280 e. The lowest BCUT2D eigenvalue weighted by Gasteiger charge is -2.03. The van der Waals surface area contributed by atoms with E-state index in [1.165, 1.54) is 6.42 Å². The van der Waals surface area contributed by atoms with Crippen molar-refractivity contribution in [2.45, 2.75) is 32.2 Å². The molecular weight excluding hydrogens is 248 g/mol. The molecule has 1 aliphatic rings. The van der Waals surface area contributed by atoms with Gasteiger partial charge in [-0.25, -0.2) is 9.97 Å². The normalized spacial score (nSPS) is 19.8. The van der Waals surface area contributed by atoms with Gasteiger partial charge in [-0.15, -0.1) is 0 Å². The quantitative estimate of drug-likeness (QED) is 0.890. The Balaban J connectivity index is 2.16. The molecule has 2 aromatic rings. The Morgan fingerprint density at radius 1 is 1.50 bits per heavy atom. The molecule has 6 heteroatoms. The average Bonchev–Trinajstić information content (AvgIpc) is 3.01. The van der Waals surface area contributed by atoms with E-state index in [4.69, 9.17) is 0 Å². The van der Waals surface area contributed by atoms with Gasteiger partial charge in [-0.2, -0.15) is 0 Å². The van der Waals surface area contributed by atoms with Crippen molar-refractivity contribution in [3.8, 4) is 0 Å². The standard InChI is InChI=1S/C12H16N4OS/c1-3-8-14-11-9(12(17)16(8)2)15-10(18-11)7-5-4-6-13-7/h7,13H,3-6H2,1-2H3/t7-/m1/s1. The third-order valence-electron chi connectivity index (χ3n) is 3.43. The summed E-state index contributed by atoms with van der Waals surface area (Å²) < 4.78 is 1.61. The first-order valence-corrected chi connectivity index (χ1v) is 7.12. The van der Waals surface area contributed by atoms with Gasteiger partial charge in [-0.05, 0) is 19.4 Å². The molecule has 18 heavy (non-hydrogen) atoms. The minimum atomic E-state index is -0.0302. The minimum Gasteiger partial charge on any atom is -0.308 e. The van der Waals surface area contributed by atoms with Crippen molar-refractivity contribution in [1.29, 1.82) is 0 Å². The lowest BCUT2D eigenvalue weighted by atomic mass is 10.2. The van der Waals surface area contributed by atoms with Crippen molar-refractivity contribution in [3.63, 3.8) is 0 Å². The predicted molar refractivity (Wildman–Crippen MR) is 72.0 cm³/mol. The Kier molecular flexibility index (Phi) is 2.91. The highest BCUT2D eigenvalue weighted by molar-refractivity contribution is 7.18. The summed E-state index contributed by atoms with van der Waals surface area (Å²) in [6, 6.07) is 0.305. The first kappa shape index (κ1) is 11.8. The Labute approximate surface area is 109 Å². The van der Waals surface area contributed by atoms with E-state index in [0.717, 1.165) is 35.0 Å². The number of aryl methyl sites for hydroxylation is 1. The molecule has 2 aromatic heterocycles. The first-order valence-electron chi connectivity index (χ1n) is 6.30. The maximum atomic E-state index is 12.2. The number of nitrogens with zero attached hydrogens (tertiary/aromatic N) is 3. The third-order valence-corrected chi connectivity index (χ3v) is 4.49. The summed E-state index contributed by atoms with van der Waals surface area (Å²) in [6.45, 7) is 3.04. The molecule has 3 rings (SSSR count). The van der Waals surface area contributed by atoms with Gasteiger partial charge >= 0.3 is 0 Å². The van der Waals surface area contributed by atoms with E-state index in [9.17, 15) is 4.79 Å². The lowest BCUT2D eigenvalue weighted by Crippen LogP contribution is -2.22. The smallest absolute Gasteiger partial charge is 0.280 e. The molecule has 0 saturated carbocycles. The molecule has 1 atom stereocenters. The summed E-state index contributed by atoms with van der Waals surface area (Å²) in [5, 5.41) is 4.41. The van der Waals surface area contributed by atoms with Crippen LogP contribution in [0.15, 0.2) is 4.79 Å². The molecule has 1 saturated heterocycles. The van der Waals surface area contributed by atoms with Crippen LogP contribution in [0.1, 0.15) is 36.6 Å². The number of hydrogen-bond acceptors (Lipinski definition) is 5. The van der Waals surface area contributed by atoms with Crippen LogP contribution in [-0.4, -0.2) is 21.1 Å². The van der Waals surface area contributed by atoms with E-state index in [-0.39, 0.29) is 5.56 Å². The number of rotatable bonds is 2. The van der Waals surface area contributed by atoms with Crippen molar-refractivity contribution >= 4 is 21.7 Å². The fourth-order valence-electron chi connectivity index (χ4n) is 2.37. The zero-order valence-corrected chi connectivity index (χ0v) is 11.4. The highest BCUT2D eigenvalue weighted by Crippen LogP contribution is 2.28. The van der Waals surface area contributed by atoms with Crippen LogP contribution in [0.3, 0.4) is 0 Å². The summed E-state index contributed by atoms with van der Waals surface area (Å²) >= 11 is 1.55. The number of nitrogens with one attached hydrogen (secondary N) is 1. The SMILES string of the molecule is CCc1nc2sc([C@H]3CCCN3)nc2c(=O)n1C. The monoisotopic (exact) mass is 264 g/mol. The van der Waals surface area contributed by atoms with Crippen LogP contribution in [0.25, 0.3) is 10.3 Å². The Morgan fingerprint density at radius 2 is 2.33 bits per heavy atom. The molecule has 3 heterocycles. The topological polar surface area (TPSA) is 59.8 Å². The molecule has 0 aliphatic carbocycles. The molecule has 1 aliphatic heterocycles. The van der Waals surface area contributed by atoms with Crippen LogP contribution in [0.5, 0.6) is 0 Å². The van der Waals surface area contributed by atoms with Gasteiger partial charge in [0.15, 0.2) is 10.3 Å². The Hall–Kier alpha value is -1.27.